The standard InChI is InChI=1S/C13H14N2O4/c1-3-18-11(13(16)17)9-4-6-10(7-5-9)12-15-14-8(2)19-12/h4-7,11H,3H2,1-2H3,(H,16,17). The molecule has 0 amide bonds. The Morgan fingerprint density at radius 3 is 2.53 bits per heavy atom. The molecule has 0 saturated heterocycles. The van der Waals surface area contributed by atoms with Crippen molar-refractivity contribution in [1.29, 1.82) is 0 Å². The van der Waals surface area contributed by atoms with Crippen molar-refractivity contribution in [3.05, 3.63) is 35.7 Å². The van der Waals surface area contributed by atoms with Gasteiger partial charge in [-0.15, -0.1) is 10.2 Å². The van der Waals surface area contributed by atoms with Gasteiger partial charge in [0.2, 0.25) is 11.8 Å². The summed E-state index contributed by atoms with van der Waals surface area (Å²) in [4.78, 5) is 11.1. The maximum Gasteiger partial charge on any atom is 0.337 e. The van der Waals surface area contributed by atoms with Gasteiger partial charge in [-0.1, -0.05) is 12.1 Å². The number of carboxylic acid groups (broad SMARTS) is 1. The van der Waals surface area contributed by atoms with Gasteiger partial charge in [0.1, 0.15) is 0 Å². The molecule has 1 atom stereocenters. The number of carbonyl (C=O) groups is 1. The smallest absolute Gasteiger partial charge is 0.337 e. The zero-order valence-corrected chi connectivity index (χ0v) is 10.7. The van der Waals surface area contributed by atoms with Crippen LogP contribution in [0.4, 0.5) is 0 Å². The topological polar surface area (TPSA) is 85.5 Å². The first-order chi connectivity index (χ1) is 9.11. The van der Waals surface area contributed by atoms with Crippen LogP contribution < -0.4 is 0 Å². The highest BCUT2D eigenvalue weighted by Crippen LogP contribution is 2.23. The summed E-state index contributed by atoms with van der Waals surface area (Å²) < 4.78 is 10.5. The summed E-state index contributed by atoms with van der Waals surface area (Å²) in [5, 5.41) is 16.7. The van der Waals surface area contributed by atoms with Crippen LogP contribution in [0, 0.1) is 6.92 Å². The molecule has 1 unspecified atom stereocenters. The second-order valence-corrected chi connectivity index (χ2v) is 3.92. The van der Waals surface area contributed by atoms with Crippen LogP contribution in [0.15, 0.2) is 28.7 Å². The lowest BCUT2D eigenvalue weighted by atomic mass is 10.1. The first kappa shape index (κ1) is 13.2. The molecule has 2 aromatic rings. The SMILES string of the molecule is CCOC(C(=O)O)c1ccc(-c2nnc(C)o2)cc1. The van der Waals surface area contributed by atoms with Crippen LogP contribution >= 0.6 is 0 Å². The van der Waals surface area contributed by atoms with Crippen LogP contribution in [-0.2, 0) is 9.53 Å². The van der Waals surface area contributed by atoms with Gasteiger partial charge in [-0.2, -0.15) is 0 Å². The van der Waals surface area contributed by atoms with E-state index in [1.807, 2.05) is 0 Å². The lowest BCUT2D eigenvalue weighted by Crippen LogP contribution is -2.15. The van der Waals surface area contributed by atoms with Gasteiger partial charge < -0.3 is 14.3 Å². The first-order valence-electron chi connectivity index (χ1n) is 5.86. The summed E-state index contributed by atoms with van der Waals surface area (Å²) in [5.41, 5.74) is 1.32. The summed E-state index contributed by atoms with van der Waals surface area (Å²) in [5.74, 6) is -0.118. The molecule has 1 aromatic heterocycles. The number of hydrogen-bond acceptors (Lipinski definition) is 5. The predicted octanol–water partition coefficient (Wildman–Crippen LogP) is 2.21. The molecule has 0 fully saturated rings. The fourth-order valence-corrected chi connectivity index (χ4v) is 1.69. The molecule has 1 N–H and O–H groups in total. The number of ether oxygens (including phenoxy) is 1. The molecule has 0 spiro atoms. The molecule has 100 valence electrons. The zero-order valence-electron chi connectivity index (χ0n) is 10.7. The highest BCUT2D eigenvalue weighted by Gasteiger charge is 2.20. The number of aliphatic carboxylic acids is 1. The van der Waals surface area contributed by atoms with Crippen molar-refractivity contribution in [3.8, 4) is 11.5 Å². The van der Waals surface area contributed by atoms with Gasteiger partial charge in [-0.3, -0.25) is 0 Å². The molecule has 1 aromatic carbocycles. The van der Waals surface area contributed by atoms with E-state index in [0.29, 0.717) is 24.0 Å². The Hall–Kier alpha value is -2.21. The van der Waals surface area contributed by atoms with Gasteiger partial charge in [0.15, 0.2) is 6.10 Å². The molecule has 0 saturated carbocycles. The van der Waals surface area contributed by atoms with Gasteiger partial charge in [-0.25, -0.2) is 4.79 Å². The van der Waals surface area contributed by atoms with Crippen molar-refractivity contribution >= 4 is 5.97 Å². The summed E-state index contributed by atoms with van der Waals surface area (Å²) in [7, 11) is 0. The molecular weight excluding hydrogens is 248 g/mol. The highest BCUT2D eigenvalue weighted by atomic mass is 16.5. The number of rotatable bonds is 5. The molecule has 0 aliphatic rings. The fourth-order valence-electron chi connectivity index (χ4n) is 1.69. The van der Waals surface area contributed by atoms with Gasteiger partial charge in [0.05, 0.1) is 0 Å². The lowest BCUT2D eigenvalue weighted by Gasteiger charge is -2.12. The van der Waals surface area contributed by atoms with Crippen molar-refractivity contribution in [1.82, 2.24) is 10.2 Å². The minimum Gasteiger partial charge on any atom is -0.479 e. The third-order valence-corrected chi connectivity index (χ3v) is 2.54. The Labute approximate surface area is 110 Å². The number of carboxylic acids is 1. The van der Waals surface area contributed by atoms with Crippen LogP contribution in [0.3, 0.4) is 0 Å². The molecule has 6 heteroatoms. The summed E-state index contributed by atoms with van der Waals surface area (Å²) in [6, 6.07) is 6.83. The van der Waals surface area contributed by atoms with E-state index in [1.165, 1.54) is 0 Å². The lowest BCUT2D eigenvalue weighted by molar-refractivity contribution is -0.150. The van der Waals surface area contributed by atoms with Crippen LogP contribution in [0.1, 0.15) is 24.5 Å². The van der Waals surface area contributed by atoms with Crippen molar-refractivity contribution in [2.24, 2.45) is 0 Å². The average molecular weight is 262 g/mol. The van der Waals surface area contributed by atoms with E-state index in [-0.39, 0.29) is 0 Å². The molecule has 2 rings (SSSR count). The van der Waals surface area contributed by atoms with Gasteiger partial charge >= 0.3 is 5.97 Å². The van der Waals surface area contributed by atoms with Crippen molar-refractivity contribution in [3.63, 3.8) is 0 Å². The molecule has 0 bridgehead atoms. The molecule has 6 nitrogen and oxygen atoms in total. The zero-order chi connectivity index (χ0) is 13.8. The van der Waals surface area contributed by atoms with E-state index in [4.69, 9.17) is 14.3 Å². The summed E-state index contributed by atoms with van der Waals surface area (Å²) in [6.07, 6.45) is -0.955. The van der Waals surface area contributed by atoms with Crippen LogP contribution in [0.5, 0.6) is 0 Å². The van der Waals surface area contributed by atoms with Crippen LogP contribution in [-0.4, -0.2) is 27.9 Å². The Morgan fingerprint density at radius 2 is 2.05 bits per heavy atom. The highest BCUT2D eigenvalue weighted by molar-refractivity contribution is 5.74. The maximum absolute atomic E-state index is 11.1. The average Bonchev–Trinajstić information content (AvgIpc) is 2.82. The Bertz CT molecular complexity index is 562. The van der Waals surface area contributed by atoms with E-state index in [9.17, 15) is 4.79 Å². The summed E-state index contributed by atoms with van der Waals surface area (Å²) >= 11 is 0. The van der Waals surface area contributed by atoms with Crippen molar-refractivity contribution in [2.45, 2.75) is 20.0 Å². The molecule has 0 aliphatic carbocycles. The molecule has 0 aliphatic heterocycles. The third-order valence-electron chi connectivity index (χ3n) is 2.54. The third kappa shape index (κ3) is 2.97. The molecule has 0 radical (unpaired) electrons. The second-order valence-electron chi connectivity index (χ2n) is 3.92. The maximum atomic E-state index is 11.1. The van der Waals surface area contributed by atoms with E-state index in [0.717, 1.165) is 5.56 Å². The number of aryl methyl sites for hydroxylation is 1. The van der Waals surface area contributed by atoms with Crippen LogP contribution in [0.2, 0.25) is 0 Å². The second kappa shape index (κ2) is 5.62. The monoisotopic (exact) mass is 262 g/mol. The normalized spacial score (nSPS) is 12.3. The Morgan fingerprint density at radius 1 is 1.37 bits per heavy atom. The number of aromatic nitrogens is 2. The quantitative estimate of drug-likeness (QED) is 0.889. The predicted molar refractivity (Wildman–Crippen MR) is 66.5 cm³/mol. The van der Waals surface area contributed by atoms with E-state index in [1.54, 1.807) is 38.1 Å². The number of benzene rings is 1. The molecule has 1 heterocycles. The minimum atomic E-state index is -1.01. The Kier molecular flexibility index (Phi) is 3.91. The number of hydrogen-bond donors (Lipinski definition) is 1. The van der Waals surface area contributed by atoms with E-state index in [2.05, 4.69) is 10.2 Å². The van der Waals surface area contributed by atoms with Gasteiger partial charge in [0.25, 0.3) is 0 Å². The van der Waals surface area contributed by atoms with Crippen molar-refractivity contribution in [2.75, 3.05) is 6.61 Å². The van der Waals surface area contributed by atoms with E-state index < -0.39 is 12.1 Å². The van der Waals surface area contributed by atoms with Crippen molar-refractivity contribution < 1.29 is 19.1 Å². The summed E-state index contributed by atoms with van der Waals surface area (Å²) in [6.45, 7) is 3.80. The molecular formula is C13H14N2O4. The van der Waals surface area contributed by atoms with Crippen LogP contribution in [0.25, 0.3) is 11.5 Å². The Balaban J connectivity index is 2.24. The largest absolute Gasteiger partial charge is 0.479 e. The van der Waals surface area contributed by atoms with Gasteiger partial charge in [0, 0.05) is 19.1 Å². The fraction of sp³-hybridized carbons (Fsp3) is 0.308. The number of nitrogens with zero attached hydrogens (tertiary/aromatic N) is 2. The minimum absolute atomic E-state index is 0.335. The van der Waals surface area contributed by atoms with E-state index >= 15 is 0 Å². The first-order valence-corrected chi connectivity index (χ1v) is 5.86. The van der Waals surface area contributed by atoms with Gasteiger partial charge in [-0.05, 0) is 24.6 Å². The molecule has 19 heavy (non-hydrogen) atoms.